The standard InChI is InChI=1S/C13H22N4O6S/c18-5-8(16-12(22)7-2-1-3-14-7)13(23)17-9(6-24)11(21)15-4-10(19)20/h7-9,14,18,24H,1-6H2,(H,15,21)(H,16,22)(H,17,23)(H,19,20). The van der Waals surface area contributed by atoms with Gasteiger partial charge in [0.05, 0.1) is 12.6 Å². The lowest BCUT2D eigenvalue weighted by Gasteiger charge is -2.22. The van der Waals surface area contributed by atoms with E-state index < -0.39 is 55.0 Å². The van der Waals surface area contributed by atoms with Crippen LogP contribution in [0.1, 0.15) is 12.8 Å². The minimum absolute atomic E-state index is 0.0759. The number of hydrogen-bond donors (Lipinski definition) is 7. The molecular weight excluding hydrogens is 340 g/mol. The van der Waals surface area contributed by atoms with Crippen molar-refractivity contribution in [1.29, 1.82) is 0 Å². The molecule has 0 aromatic carbocycles. The van der Waals surface area contributed by atoms with Crippen molar-refractivity contribution in [2.24, 2.45) is 0 Å². The summed E-state index contributed by atoms with van der Waals surface area (Å²) in [5.41, 5.74) is 0. The Labute approximate surface area is 144 Å². The minimum Gasteiger partial charge on any atom is -0.480 e. The number of thiol groups is 1. The summed E-state index contributed by atoms with van der Waals surface area (Å²) in [6.45, 7) is -0.521. The Bertz CT molecular complexity index is 483. The molecule has 1 saturated heterocycles. The maximum Gasteiger partial charge on any atom is 0.322 e. The average molecular weight is 362 g/mol. The summed E-state index contributed by atoms with van der Waals surface area (Å²) in [4.78, 5) is 46.3. The largest absolute Gasteiger partial charge is 0.480 e. The molecule has 0 saturated carbocycles. The number of carbonyl (C=O) groups excluding carboxylic acids is 3. The van der Waals surface area contributed by atoms with Gasteiger partial charge in [-0.15, -0.1) is 0 Å². The van der Waals surface area contributed by atoms with Crippen LogP contribution in [0.3, 0.4) is 0 Å². The molecule has 1 heterocycles. The smallest absolute Gasteiger partial charge is 0.322 e. The molecule has 0 aromatic heterocycles. The Morgan fingerprint density at radius 2 is 1.88 bits per heavy atom. The van der Waals surface area contributed by atoms with Crippen molar-refractivity contribution in [2.75, 3.05) is 25.4 Å². The van der Waals surface area contributed by atoms with Gasteiger partial charge in [-0.05, 0) is 19.4 Å². The topological polar surface area (TPSA) is 157 Å². The van der Waals surface area contributed by atoms with Crippen molar-refractivity contribution >= 4 is 36.3 Å². The first-order chi connectivity index (χ1) is 11.4. The summed E-state index contributed by atoms with van der Waals surface area (Å²) in [7, 11) is 0. The number of amides is 3. The van der Waals surface area contributed by atoms with Gasteiger partial charge < -0.3 is 31.5 Å². The van der Waals surface area contributed by atoms with Crippen molar-refractivity contribution < 1.29 is 29.4 Å². The summed E-state index contributed by atoms with van der Waals surface area (Å²) in [5, 5.41) is 27.6. The number of carboxylic acid groups (broad SMARTS) is 1. The van der Waals surface area contributed by atoms with Crippen LogP contribution in [0.25, 0.3) is 0 Å². The van der Waals surface area contributed by atoms with E-state index in [0.717, 1.165) is 6.42 Å². The number of rotatable bonds is 9. The predicted octanol–water partition coefficient (Wildman–Crippen LogP) is -3.17. The molecule has 0 aromatic rings. The van der Waals surface area contributed by atoms with E-state index >= 15 is 0 Å². The van der Waals surface area contributed by atoms with Gasteiger partial charge in [0.1, 0.15) is 18.6 Å². The van der Waals surface area contributed by atoms with Crippen LogP contribution in [0, 0.1) is 0 Å². The molecule has 0 aliphatic carbocycles. The number of carbonyl (C=O) groups is 4. The molecule has 0 radical (unpaired) electrons. The van der Waals surface area contributed by atoms with Crippen molar-refractivity contribution in [3.05, 3.63) is 0 Å². The fourth-order valence-corrected chi connectivity index (χ4v) is 2.38. The van der Waals surface area contributed by atoms with Gasteiger partial charge in [0.25, 0.3) is 0 Å². The van der Waals surface area contributed by atoms with Crippen LogP contribution in [-0.2, 0) is 19.2 Å². The van der Waals surface area contributed by atoms with E-state index in [1.54, 1.807) is 0 Å². The van der Waals surface area contributed by atoms with Crippen molar-refractivity contribution in [1.82, 2.24) is 21.3 Å². The number of aliphatic carboxylic acids is 1. The molecular formula is C13H22N4O6S. The van der Waals surface area contributed by atoms with Gasteiger partial charge in [-0.2, -0.15) is 12.6 Å². The second-order valence-electron chi connectivity index (χ2n) is 5.25. The third-order valence-electron chi connectivity index (χ3n) is 3.42. The number of carboxylic acids is 1. The molecule has 10 nitrogen and oxygen atoms in total. The zero-order valence-corrected chi connectivity index (χ0v) is 13.8. The summed E-state index contributed by atoms with van der Waals surface area (Å²) < 4.78 is 0. The van der Waals surface area contributed by atoms with Crippen LogP contribution in [0.5, 0.6) is 0 Å². The molecule has 1 fully saturated rings. The van der Waals surface area contributed by atoms with E-state index in [2.05, 4.69) is 33.9 Å². The lowest BCUT2D eigenvalue weighted by Crippen LogP contribution is -2.57. The van der Waals surface area contributed by atoms with Gasteiger partial charge >= 0.3 is 5.97 Å². The Kier molecular flexibility index (Phi) is 8.50. The van der Waals surface area contributed by atoms with Crippen molar-refractivity contribution in [3.8, 4) is 0 Å². The predicted molar refractivity (Wildman–Crippen MR) is 86.5 cm³/mol. The molecule has 11 heteroatoms. The summed E-state index contributed by atoms with van der Waals surface area (Å²) in [6.07, 6.45) is 1.49. The molecule has 3 unspecified atom stereocenters. The zero-order chi connectivity index (χ0) is 18.1. The molecule has 3 atom stereocenters. The summed E-state index contributed by atoms with van der Waals surface area (Å²) >= 11 is 3.93. The SMILES string of the molecule is O=C(O)CNC(=O)C(CS)NC(=O)C(CO)NC(=O)C1CCCN1. The molecule has 1 aliphatic rings. The van der Waals surface area contributed by atoms with E-state index in [0.29, 0.717) is 13.0 Å². The molecule has 0 spiro atoms. The lowest BCUT2D eigenvalue weighted by atomic mass is 10.2. The van der Waals surface area contributed by atoms with E-state index in [4.69, 9.17) is 5.11 Å². The van der Waals surface area contributed by atoms with Crippen LogP contribution in [0.2, 0.25) is 0 Å². The molecule has 1 aliphatic heterocycles. The van der Waals surface area contributed by atoms with E-state index in [-0.39, 0.29) is 5.75 Å². The number of aliphatic hydroxyl groups is 1. The Hall–Kier alpha value is -1.85. The van der Waals surface area contributed by atoms with Gasteiger partial charge in [0.15, 0.2) is 0 Å². The molecule has 6 N–H and O–H groups in total. The fraction of sp³-hybridized carbons (Fsp3) is 0.692. The highest BCUT2D eigenvalue weighted by atomic mass is 32.1. The number of hydrogen-bond acceptors (Lipinski definition) is 7. The quantitative estimate of drug-likeness (QED) is 0.213. The molecule has 3 amide bonds. The average Bonchev–Trinajstić information content (AvgIpc) is 3.09. The minimum atomic E-state index is -1.22. The van der Waals surface area contributed by atoms with Gasteiger partial charge in [-0.25, -0.2) is 0 Å². The van der Waals surface area contributed by atoms with Gasteiger partial charge in [-0.1, -0.05) is 0 Å². The van der Waals surface area contributed by atoms with Crippen LogP contribution in [0.15, 0.2) is 0 Å². The van der Waals surface area contributed by atoms with E-state index in [1.807, 2.05) is 0 Å². The van der Waals surface area contributed by atoms with E-state index in [1.165, 1.54) is 0 Å². The van der Waals surface area contributed by atoms with Crippen LogP contribution < -0.4 is 21.3 Å². The second kappa shape index (κ2) is 10.1. The van der Waals surface area contributed by atoms with Gasteiger partial charge in [0, 0.05) is 5.75 Å². The zero-order valence-electron chi connectivity index (χ0n) is 12.9. The van der Waals surface area contributed by atoms with Crippen LogP contribution in [-0.4, -0.2) is 77.5 Å². The van der Waals surface area contributed by atoms with E-state index in [9.17, 15) is 24.3 Å². The number of nitrogens with one attached hydrogen (secondary N) is 4. The van der Waals surface area contributed by atoms with Crippen molar-refractivity contribution in [3.63, 3.8) is 0 Å². The lowest BCUT2D eigenvalue weighted by molar-refractivity contribution is -0.138. The Balaban J connectivity index is 2.55. The van der Waals surface area contributed by atoms with Crippen LogP contribution >= 0.6 is 12.6 Å². The van der Waals surface area contributed by atoms with Gasteiger partial charge in [0.2, 0.25) is 17.7 Å². The Morgan fingerprint density at radius 1 is 1.17 bits per heavy atom. The first-order valence-corrected chi connectivity index (χ1v) is 8.07. The van der Waals surface area contributed by atoms with Crippen LogP contribution in [0.4, 0.5) is 0 Å². The maximum atomic E-state index is 12.1. The molecule has 1 rings (SSSR count). The van der Waals surface area contributed by atoms with Gasteiger partial charge in [-0.3, -0.25) is 19.2 Å². The highest BCUT2D eigenvalue weighted by Crippen LogP contribution is 2.05. The fourth-order valence-electron chi connectivity index (χ4n) is 2.13. The highest BCUT2D eigenvalue weighted by Gasteiger charge is 2.29. The van der Waals surface area contributed by atoms with Crippen molar-refractivity contribution in [2.45, 2.75) is 31.0 Å². The third kappa shape index (κ3) is 6.34. The molecule has 0 bridgehead atoms. The second-order valence-corrected chi connectivity index (χ2v) is 5.61. The Morgan fingerprint density at radius 3 is 2.38 bits per heavy atom. The first kappa shape index (κ1) is 20.2. The highest BCUT2D eigenvalue weighted by molar-refractivity contribution is 7.80. The third-order valence-corrected chi connectivity index (χ3v) is 3.79. The first-order valence-electron chi connectivity index (χ1n) is 7.44. The molecule has 24 heavy (non-hydrogen) atoms. The normalized spacial score (nSPS) is 19.2. The maximum absolute atomic E-state index is 12.1. The summed E-state index contributed by atoms with van der Waals surface area (Å²) in [5.74, 6) is -3.18. The number of aliphatic hydroxyl groups excluding tert-OH is 1. The summed E-state index contributed by atoms with van der Waals surface area (Å²) in [6, 6.07) is -2.71. The monoisotopic (exact) mass is 362 g/mol. The molecule has 136 valence electrons.